The van der Waals surface area contributed by atoms with Crippen LogP contribution in [-0.2, 0) is 18.9 Å². The van der Waals surface area contributed by atoms with Crippen molar-refractivity contribution in [2.45, 2.75) is 19.3 Å². The van der Waals surface area contributed by atoms with Crippen molar-refractivity contribution in [2.75, 3.05) is 83.2 Å². The number of hydrogen-bond acceptors (Lipinski definition) is 9. The van der Waals surface area contributed by atoms with Gasteiger partial charge in [0.15, 0.2) is 0 Å². The number of carbonyl (C=O) groups excluding carboxylic acids is 1. The molecule has 13 nitrogen and oxygen atoms in total. The van der Waals surface area contributed by atoms with E-state index in [-0.39, 0.29) is 43.9 Å². The highest BCUT2D eigenvalue weighted by molar-refractivity contribution is 7.57. The van der Waals surface area contributed by atoms with Gasteiger partial charge in [0.05, 0.1) is 25.7 Å². The normalized spacial score (nSPS) is 19.4. The molecule has 0 bridgehead atoms. The third-order valence-corrected chi connectivity index (χ3v) is 10.3. The van der Waals surface area contributed by atoms with Gasteiger partial charge in [-0.25, -0.2) is 0 Å². The van der Waals surface area contributed by atoms with Crippen LogP contribution in [0.25, 0.3) is 0 Å². The summed E-state index contributed by atoms with van der Waals surface area (Å²) in [7, 11) is -6.73. The molecule has 3 unspecified atom stereocenters. The molecule has 0 aromatic carbocycles. The Morgan fingerprint density at radius 2 is 1.30 bits per heavy atom. The summed E-state index contributed by atoms with van der Waals surface area (Å²) in [6, 6.07) is 0. The number of nitrogens with one attached hydrogen (secondary N) is 1. The minimum Gasteiger partial charge on any atom is -0.481 e. The lowest BCUT2D eigenvalue weighted by atomic mass is 10.4. The van der Waals surface area contributed by atoms with Gasteiger partial charge in [0.1, 0.15) is 0 Å². The van der Waals surface area contributed by atoms with E-state index >= 15 is 0 Å². The van der Waals surface area contributed by atoms with Gasteiger partial charge >= 0.3 is 11.9 Å². The summed E-state index contributed by atoms with van der Waals surface area (Å²) in [4.78, 5) is 70.5. The molecule has 0 spiro atoms. The summed E-state index contributed by atoms with van der Waals surface area (Å²) in [5.41, 5.74) is 0. The van der Waals surface area contributed by atoms with E-state index < -0.39 is 42.0 Å². The smallest absolute Gasteiger partial charge is 0.303 e. The number of terminal acetylenes is 1. The van der Waals surface area contributed by atoms with Crippen LogP contribution >= 0.6 is 23.7 Å². The fourth-order valence-corrected chi connectivity index (χ4v) is 7.83. The maximum absolute atomic E-state index is 12.6. The van der Waals surface area contributed by atoms with E-state index in [0.29, 0.717) is 58.0 Å². The van der Waals surface area contributed by atoms with Gasteiger partial charge < -0.3 is 30.2 Å². The molecule has 0 saturated carbocycles. The van der Waals surface area contributed by atoms with E-state index in [1.54, 1.807) is 4.90 Å². The quantitative estimate of drug-likeness (QED) is 0.105. The van der Waals surface area contributed by atoms with Crippen molar-refractivity contribution in [2.24, 2.45) is 0 Å². The fraction of sp³-hybridized carbons (Fsp3) is 0.762. The zero-order valence-electron chi connectivity index (χ0n) is 20.9. The topological polar surface area (TPSA) is 191 Å². The van der Waals surface area contributed by atoms with Crippen LogP contribution in [-0.4, -0.2) is 141 Å². The highest BCUT2D eigenvalue weighted by Gasteiger charge is 2.26. The van der Waals surface area contributed by atoms with Crippen molar-refractivity contribution in [3.05, 3.63) is 0 Å². The summed E-state index contributed by atoms with van der Waals surface area (Å²) >= 11 is 0. The number of carboxylic acids is 2. The molecule has 16 heteroatoms. The van der Waals surface area contributed by atoms with E-state index in [9.17, 15) is 33.6 Å². The number of carbonyl (C=O) groups is 3. The Morgan fingerprint density at radius 1 is 0.838 bits per heavy atom. The lowest BCUT2D eigenvalue weighted by molar-refractivity contribution is -0.137. The number of aliphatic carboxylic acids is 2. The van der Waals surface area contributed by atoms with Crippen LogP contribution in [0.15, 0.2) is 0 Å². The monoisotopic (exact) mass is 584 g/mol. The summed E-state index contributed by atoms with van der Waals surface area (Å²) in [6.07, 6.45) is 5.34. The van der Waals surface area contributed by atoms with Gasteiger partial charge in [-0.3, -0.25) is 33.6 Å². The summed E-state index contributed by atoms with van der Waals surface area (Å²) in [6.45, 7) is 3.02. The average molecular weight is 584 g/mol. The second-order valence-electron chi connectivity index (χ2n) is 8.83. The van der Waals surface area contributed by atoms with Gasteiger partial charge in [-0.15, -0.1) is 6.42 Å². The molecule has 1 amide bonds. The van der Waals surface area contributed by atoms with E-state index in [2.05, 4.69) is 11.2 Å². The first-order chi connectivity index (χ1) is 17.4. The van der Waals surface area contributed by atoms with E-state index in [1.807, 2.05) is 9.80 Å². The minimum absolute atomic E-state index is 0.126. The maximum atomic E-state index is 12.6. The SMILES string of the molecule is C#CCNC(=O)CCP(O)CN1CCN(CP(O)CCC(=O)O)CCN(CP(=O)(O)CCC(=O)O)CC1. The molecule has 1 rings (SSSR count). The summed E-state index contributed by atoms with van der Waals surface area (Å²) in [5.74, 6) is -0.0406. The number of hydrogen-bond donors (Lipinski definition) is 6. The molecule has 1 heterocycles. The third-order valence-electron chi connectivity index (χ3n) is 5.59. The van der Waals surface area contributed by atoms with E-state index in [1.165, 1.54) is 0 Å². The zero-order chi connectivity index (χ0) is 27.8. The Bertz CT molecular complexity index is 830. The minimum atomic E-state index is -3.72. The van der Waals surface area contributed by atoms with Crippen LogP contribution in [0, 0.1) is 12.3 Å². The third kappa shape index (κ3) is 17.1. The Labute approximate surface area is 220 Å². The molecule has 1 aliphatic heterocycles. The molecule has 1 saturated heterocycles. The van der Waals surface area contributed by atoms with Gasteiger partial charge in [0.25, 0.3) is 0 Å². The van der Waals surface area contributed by atoms with Crippen molar-refractivity contribution >= 4 is 41.5 Å². The number of carboxylic acid groups (broad SMARTS) is 2. The molecule has 0 aliphatic carbocycles. The van der Waals surface area contributed by atoms with Gasteiger partial charge in [0.2, 0.25) is 13.3 Å². The summed E-state index contributed by atoms with van der Waals surface area (Å²) in [5, 5.41) is 20.3. The zero-order valence-corrected chi connectivity index (χ0v) is 23.6. The fourth-order valence-electron chi connectivity index (χ4n) is 3.56. The molecular weight excluding hydrogens is 545 g/mol. The number of rotatable bonds is 16. The predicted octanol–water partition coefficient (Wildman–Crippen LogP) is -0.0838. The van der Waals surface area contributed by atoms with Crippen LogP contribution in [0.2, 0.25) is 0 Å². The number of amides is 1. The maximum Gasteiger partial charge on any atom is 0.303 e. The molecule has 37 heavy (non-hydrogen) atoms. The molecule has 6 N–H and O–H groups in total. The van der Waals surface area contributed by atoms with E-state index in [4.69, 9.17) is 16.6 Å². The molecular formula is C21H39N4O9P3. The Kier molecular flexibility index (Phi) is 16.6. The van der Waals surface area contributed by atoms with Crippen molar-refractivity contribution in [3.8, 4) is 12.3 Å². The molecule has 0 radical (unpaired) electrons. The Morgan fingerprint density at radius 3 is 1.76 bits per heavy atom. The predicted molar refractivity (Wildman–Crippen MR) is 143 cm³/mol. The molecule has 1 aliphatic rings. The van der Waals surface area contributed by atoms with Gasteiger partial charge in [-0.1, -0.05) is 5.92 Å². The Balaban J connectivity index is 2.81. The first-order valence-electron chi connectivity index (χ1n) is 11.9. The number of nitrogens with zero attached hydrogens (tertiary/aromatic N) is 3. The van der Waals surface area contributed by atoms with Crippen LogP contribution < -0.4 is 5.32 Å². The van der Waals surface area contributed by atoms with Crippen molar-refractivity contribution in [1.82, 2.24) is 20.0 Å². The second kappa shape index (κ2) is 18.2. The summed E-state index contributed by atoms with van der Waals surface area (Å²) < 4.78 is 12.6. The average Bonchev–Trinajstić information content (AvgIpc) is 2.90. The van der Waals surface area contributed by atoms with Crippen molar-refractivity contribution in [1.29, 1.82) is 0 Å². The molecule has 0 aromatic heterocycles. The molecule has 212 valence electrons. The standard InChI is InChI=1S/C21H39N4O9P3/c1-2-6-22-19(26)3-13-35(31)16-23-7-8-24(17-36(32)14-4-20(27)28)10-12-25(11-9-23)18-37(33,34)15-5-21(29)30/h1,31-32H,3-18H2,(H,22,26)(H,27,28)(H,29,30)(H,33,34). The molecule has 1 fully saturated rings. The van der Waals surface area contributed by atoms with Crippen LogP contribution in [0.1, 0.15) is 19.3 Å². The van der Waals surface area contributed by atoms with Crippen molar-refractivity contribution < 1.29 is 43.8 Å². The van der Waals surface area contributed by atoms with Crippen LogP contribution in [0.3, 0.4) is 0 Å². The molecule has 3 atom stereocenters. The van der Waals surface area contributed by atoms with Gasteiger partial charge in [-0.2, -0.15) is 0 Å². The largest absolute Gasteiger partial charge is 0.481 e. The van der Waals surface area contributed by atoms with Gasteiger partial charge in [0, 0.05) is 93.0 Å². The lowest BCUT2D eigenvalue weighted by Crippen LogP contribution is -2.37. The highest BCUT2D eigenvalue weighted by atomic mass is 31.2. The first kappa shape index (κ1) is 33.8. The lowest BCUT2D eigenvalue weighted by Gasteiger charge is -2.28. The Hall–Kier alpha value is -1.18. The molecule has 0 aromatic rings. The first-order valence-corrected chi connectivity index (χ1v) is 17.3. The van der Waals surface area contributed by atoms with Gasteiger partial charge in [-0.05, 0) is 0 Å². The van der Waals surface area contributed by atoms with E-state index in [0.717, 1.165) is 0 Å². The van der Waals surface area contributed by atoms with Crippen molar-refractivity contribution in [3.63, 3.8) is 0 Å². The second-order valence-corrected chi connectivity index (χ2v) is 14.7. The highest BCUT2D eigenvalue weighted by Crippen LogP contribution is 2.42. The van der Waals surface area contributed by atoms with Crippen LogP contribution in [0.5, 0.6) is 0 Å². The van der Waals surface area contributed by atoms with Crippen LogP contribution in [0.4, 0.5) is 0 Å².